The summed E-state index contributed by atoms with van der Waals surface area (Å²) in [5, 5.41) is 5.63. The summed E-state index contributed by atoms with van der Waals surface area (Å²) in [5.41, 5.74) is 1.79. The first kappa shape index (κ1) is 16.4. The van der Waals surface area contributed by atoms with Crippen molar-refractivity contribution in [3.05, 3.63) is 24.3 Å². The van der Waals surface area contributed by atoms with E-state index in [-0.39, 0.29) is 11.7 Å². The third-order valence-electron chi connectivity index (χ3n) is 2.97. The minimum atomic E-state index is -0.448. The summed E-state index contributed by atoms with van der Waals surface area (Å²) in [4.78, 5) is 30.7. The predicted octanol–water partition coefficient (Wildman–Crippen LogP) is 2.53. The molecule has 0 radical (unpaired) electrons. The van der Waals surface area contributed by atoms with Gasteiger partial charge in [0.05, 0.1) is 16.8 Å². The van der Waals surface area contributed by atoms with Crippen molar-refractivity contribution in [2.45, 2.75) is 25.4 Å². The summed E-state index contributed by atoms with van der Waals surface area (Å²) in [5.74, 6) is 0.310. The van der Waals surface area contributed by atoms with E-state index in [2.05, 4.69) is 34.4 Å². The average Bonchev–Trinajstić information content (AvgIpc) is 2.87. The van der Waals surface area contributed by atoms with Crippen LogP contribution in [0, 0.1) is 5.92 Å². The van der Waals surface area contributed by atoms with E-state index < -0.39 is 6.03 Å². The second-order valence-electron chi connectivity index (χ2n) is 5.33. The molecule has 22 heavy (non-hydrogen) atoms. The van der Waals surface area contributed by atoms with Crippen LogP contribution in [0.4, 0.5) is 4.79 Å². The molecule has 3 amide bonds. The number of aromatic nitrogens is 2. The third-order valence-corrected chi connectivity index (χ3v) is 3.84. The van der Waals surface area contributed by atoms with Crippen LogP contribution in [0.15, 0.2) is 29.4 Å². The molecule has 0 aliphatic rings. The summed E-state index contributed by atoms with van der Waals surface area (Å²) in [6, 6.07) is 7.21. The van der Waals surface area contributed by atoms with Crippen molar-refractivity contribution in [2.75, 3.05) is 12.3 Å². The molecule has 0 atom stereocenters. The van der Waals surface area contributed by atoms with Crippen LogP contribution in [0.2, 0.25) is 0 Å². The zero-order valence-electron chi connectivity index (χ0n) is 12.7. The number of para-hydroxylation sites is 2. The highest BCUT2D eigenvalue weighted by atomic mass is 32.2. The van der Waals surface area contributed by atoms with Crippen LogP contribution in [0.1, 0.15) is 20.3 Å². The summed E-state index contributed by atoms with van der Waals surface area (Å²) < 4.78 is 0. The molecule has 0 bridgehead atoms. The Labute approximate surface area is 133 Å². The number of aromatic amines is 1. The number of rotatable bonds is 6. The van der Waals surface area contributed by atoms with Gasteiger partial charge in [0.2, 0.25) is 5.91 Å². The topological polar surface area (TPSA) is 86.9 Å². The highest BCUT2D eigenvalue weighted by Gasteiger charge is 2.10. The second kappa shape index (κ2) is 7.84. The summed E-state index contributed by atoms with van der Waals surface area (Å²) in [6.45, 7) is 4.72. The van der Waals surface area contributed by atoms with Crippen molar-refractivity contribution in [2.24, 2.45) is 5.92 Å². The lowest BCUT2D eigenvalue weighted by Gasteiger charge is -2.07. The molecular formula is C15H20N4O2S. The molecule has 0 saturated carbocycles. The Morgan fingerprint density at radius 2 is 2.09 bits per heavy atom. The van der Waals surface area contributed by atoms with Crippen molar-refractivity contribution >= 4 is 34.7 Å². The Kier molecular flexibility index (Phi) is 5.83. The van der Waals surface area contributed by atoms with Crippen molar-refractivity contribution in [1.82, 2.24) is 20.6 Å². The van der Waals surface area contributed by atoms with Gasteiger partial charge < -0.3 is 10.3 Å². The standard InChI is InChI=1S/C15H20N4O2S/c1-10(2)7-8-16-14(21)19-13(20)9-22-15-17-11-5-3-4-6-12(11)18-15/h3-6,10H,7-9H2,1-2H3,(H,17,18)(H2,16,19,20,21). The van der Waals surface area contributed by atoms with E-state index in [1.54, 1.807) is 0 Å². The maximum Gasteiger partial charge on any atom is 0.321 e. The number of hydrogen-bond donors (Lipinski definition) is 3. The molecule has 0 spiro atoms. The Bertz CT molecular complexity index is 621. The predicted molar refractivity (Wildman–Crippen MR) is 87.8 cm³/mol. The van der Waals surface area contributed by atoms with Crippen LogP contribution in [0.3, 0.4) is 0 Å². The van der Waals surface area contributed by atoms with Crippen LogP contribution in [-0.4, -0.2) is 34.2 Å². The maximum absolute atomic E-state index is 11.7. The number of carbonyl (C=O) groups is 2. The largest absolute Gasteiger partial charge is 0.338 e. The number of hydrogen-bond acceptors (Lipinski definition) is 4. The summed E-state index contributed by atoms with van der Waals surface area (Å²) >= 11 is 1.27. The molecular weight excluding hydrogens is 300 g/mol. The minimum absolute atomic E-state index is 0.136. The lowest BCUT2D eigenvalue weighted by atomic mass is 10.1. The molecule has 7 heteroatoms. The zero-order chi connectivity index (χ0) is 15.9. The van der Waals surface area contributed by atoms with Gasteiger partial charge in [-0.1, -0.05) is 37.7 Å². The van der Waals surface area contributed by atoms with Gasteiger partial charge >= 0.3 is 6.03 Å². The fourth-order valence-corrected chi connectivity index (χ4v) is 2.50. The molecule has 118 valence electrons. The monoisotopic (exact) mass is 320 g/mol. The molecule has 0 fully saturated rings. The second-order valence-corrected chi connectivity index (χ2v) is 6.30. The van der Waals surface area contributed by atoms with Crippen molar-refractivity contribution in [3.8, 4) is 0 Å². The lowest BCUT2D eigenvalue weighted by Crippen LogP contribution is -2.40. The van der Waals surface area contributed by atoms with Crippen molar-refractivity contribution in [3.63, 3.8) is 0 Å². The molecule has 3 N–H and O–H groups in total. The van der Waals surface area contributed by atoms with Crippen molar-refractivity contribution < 1.29 is 9.59 Å². The van der Waals surface area contributed by atoms with Crippen molar-refractivity contribution in [1.29, 1.82) is 0 Å². The zero-order valence-corrected chi connectivity index (χ0v) is 13.5. The number of thioether (sulfide) groups is 1. The van der Waals surface area contributed by atoms with Gasteiger partial charge in [-0.2, -0.15) is 0 Å². The number of urea groups is 1. The first-order valence-electron chi connectivity index (χ1n) is 7.20. The molecule has 1 aromatic carbocycles. The number of nitrogens with zero attached hydrogens (tertiary/aromatic N) is 1. The van der Waals surface area contributed by atoms with Gasteiger partial charge in [0, 0.05) is 6.54 Å². The number of H-pyrrole nitrogens is 1. The third kappa shape index (κ3) is 5.07. The number of nitrogens with one attached hydrogen (secondary N) is 3. The van der Waals surface area contributed by atoms with Crippen LogP contribution in [0.5, 0.6) is 0 Å². The van der Waals surface area contributed by atoms with Crippen LogP contribution in [-0.2, 0) is 4.79 Å². The minimum Gasteiger partial charge on any atom is -0.338 e. The van der Waals surface area contributed by atoms with Gasteiger partial charge in [0.25, 0.3) is 0 Å². The normalized spacial score (nSPS) is 10.9. The van der Waals surface area contributed by atoms with E-state index in [0.29, 0.717) is 17.6 Å². The smallest absolute Gasteiger partial charge is 0.321 e. The van der Waals surface area contributed by atoms with Crippen LogP contribution >= 0.6 is 11.8 Å². The molecule has 1 aromatic heterocycles. The number of imidazole rings is 1. The fraction of sp³-hybridized carbons (Fsp3) is 0.400. The molecule has 2 aromatic rings. The van der Waals surface area contributed by atoms with Gasteiger partial charge in [0.1, 0.15) is 0 Å². The highest BCUT2D eigenvalue weighted by molar-refractivity contribution is 7.99. The highest BCUT2D eigenvalue weighted by Crippen LogP contribution is 2.18. The number of imide groups is 1. The Hall–Kier alpha value is -2.02. The number of amides is 3. The van der Waals surface area contributed by atoms with Crippen LogP contribution in [0.25, 0.3) is 11.0 Å². The number of carbonyl (C=O) groups excluding carboxylic acids is 2. The van der Waals surface area contributed by atoms with Gasteiger partial charge in [-0.15, -0.1) is 0 Å². The summed E-state index contributed by atoms with van der Waals surface area (Å²) in [7, 11) is 0. The summed E-state index contributed by atoms with van der Waals surface area (Å²) in [6.07, 6.45) is 0.884. The Morgan fingerprint density at radius 3 is 2.82 bits per heavy atom. The SMILES string of the molecule is CC(C)CCNC(=O)NC(=O)CSc1nc2ccccc2[nH]1. The first-order valence-corrected chi connectivity index (χ1v) is 8.18. The lowest BCUT2D eigenvalue weighted by molar-refractivity contribution is -0.117. The molecule has 0 aliphatic heterocycles. The quantitative estimate of drug-likeness (QED) is 0.714. The fourth-order valence-electron chi connectivity index (χ4n) is 1.81. The first-order chi connectivity index (χ1) is 10.5. The van der Waals surface area contributed by atoms with E-state index in [9.17, 15) is 9.59 Å². The molecule has 0 saturated heterocycles. The number of benzene rings is 1. The van der Waals surface area contributed by atoms with E-state index in [0.717, 1.165) is 17.5 Å². The van der Waals surface area contributed by atoms with Gasteiger partial charge in [-0.25, -0.2) is 9.78 Å². The average molecular weight is 320 g/mol. The van der Waals surface area contributed by atoms with Crippen LogP contribution < -0.4 is 10.6 Å². The number of fused-ring (bicyclic) bond motifs is 1. The van der Waals surface area contributed by atoms with Gasteiger partial charge in [-0.3, -0.25) is 10.1 Å². The Balaban J connectivity index is 1.74. The molecule has 2 rings (SSSR count). The molecule has 0 unspecified atom stereocenters. The maximum atomic E-state index is 11.7. The Morgan fingerprint density at radius 1 is 1.32 bits per heavy atom. The van der Waals surface area contributed by atoms with Gasteiger partial charge in [-0.05, 0) is 24.5 Å². The van der Waals surface area contributed by atoms with E-state index in [1.165, 1.54) is 11.8 Å². The molecule has 1 heterocycles. The van der Waals surface area contributed by atoms with E-state index >= 15 is 0 Å². The van der Waals surface area contributed by atoms with E-state index in [4.69, 9.17) is 0 Å². The molecule has 0 aliphatic carbocycles. The molecule has 6 nitrogen and oxygen atoms in total. The van der Waals surface area contributed by atoms with E-state index in [1.807, 2.05) is 24.3 Å². The van der Waals surface area contributed by atoms with Gasteiger partial charge in [0.15, 0.2) is 5.16 Å².